The molecule has 0 aliphatic heterocycles. The summed E-state index contributed by atoms with van der Waals surface area (Å²) in [6.07, 6.45) is 0. The molecule has 0 aromatic heterocycles. The third-order valence-electron chi connectivity index (χ3n) is 3.65. The van der Waals surface area contributed by atoms with Crippen LogP contribution in [-0.4, -0.2) is 61.0 Å². The summed E-state index contributed by atoms with van der Waals surface area (Å²) in [6, 6.07) is 3.54. The van der Waals surface area contributed by atoms with Crippen LogP contribution in [0.5, 0.6) is 34.5 Å². The molecule has 132 valence electrons. The van der Waals surface area contributed by atoms with Crippen LogP contribution in [0.4, 0.5) is 0 Å². The van der Waals surface area contributed by atoms with Crippen LogP contribution < -0.4 is 0 Å². The van der Waals surface area contributed by atoms with Crippen LogP contribution in [0, 0.1) is 0 Å². The van der Waals surface area contributed by atoms with Gasteiger partial charge < -0.3 is 30.6 Å². The van der Waals surface area contributed by atoms with Crippen molar-refractivity contribution in [2.24, 2.45) is 0 Å². The molecular formula is C16H16NO8+. The van der Waals surface area contributed by atoms with Gasteiger partial charge in [-0.05, 0) is 0 Å². The fraction of sp³-hybridized carbons (Fsp3) is 0.125. The van der Waals surface area contributed by atoms with E-state index in [1.807, 2.05) is 0 Å². The van der Waals surface area contributed by atoms with Gasteiger partial charge in [-0.15, -0.1) is 0 Å². The number of amides is 2. The minimum atomic E-state index is -0.937. The molecule has 0 aliphatic carbocycles. The van der Waals surface area contributed by atoms with Crippen molar-refractivity contribution in [3.63, 3.8) is 0 Å². The summed E-state index contributed by atoms with van der Waals surface area (Å²) in [5.74, 6) is -6.26. The zero-order chi connectivity index (χ0) is 19.1. The van der Waals surface area contributed by atoms with E-state index in [0.29, 0.717) is 0 Å². The number of imide groups is 1. The van der Waals surface area contributed by atoms with Crippen molar-refractivity contribution in [1.82, 2.24) is 0 Å². The summed E-state index contributed by atoms with van der Waals surface area (Å²) in [5.41, 5.74) is -0.503. The second-order valence-electron chi connectivity index (χ2n) is 5.79. The van der Waals surface area contributed by atoms with E-state index in [-0.39, 0.29) is 11.1 Å². The first-order chi connectivity index (χ1) is 11.5. The number of benzene rings is 2. The highest BCUT2D eigenvalue weighted by molar-refractivity contribution is 6.02. The smallest absolute Gasteiger partial charge is 0.353 e. The van der Waals surface area contributed by atoms with Crippen molar-refractivity contribution < 1.29 is 44.7 Å². The number of nitrogens with zero attached hydrogens (tertiary/aromatic N) is 1. The Morgan fingerprint density at radius 2 is 0.880 bits per heavy atom. The molecular weight excluding hydrogens is 334 g/mol. The molecule has 0 radical (unpaired) electrons. The first-order valence-corrected chi connectivity index (χ1v) is 6.90. The van der Waals surface area contributed by atoms with Gasteiger partial charge in [0.05, 0.1) is 25.2 Å². The Kier molecular flexibility index (Phi) is 4.20. The molecule has 2 amide bonds. The molecule has 0 aliphatic rings. The highest BCUT2D eigenvalue weighted by Gasteiger charge is 2.39. The van der Waals surface area contributed by atoms with Gasteiger partial charge >= 0.3 is 11.8 Å². The molecule has 2 rings (SSSR count). The quantitative estimate of drug-likeness (QED) is 0.266. The lowest BCUT2D eigenvalue weighted by Crippen LogP contribution is -2.50. The third kappa shape index (κ3) is 3.00. The molecule has 0 bridgehead atoms. The van der Waals surface area contributed by atoms with Crippen molar-refractivity contribution in [3.8, 4) is 34.5 Å². The minimum Gasteiger partial charge on any atom is -0.504 e. The Balaban J connectivity index is 2.47. The summed E-state index contributed by atoms with van der Waals surface area (Å²) >= 11 is 0. The van der Waals surface area contributed by atoms with Crippen molar-refractivity contribution >= 4 is 11.8 Å². The van der Waals surface area contributed by atoms with Gasteiger partial charge in [0.1, 0.15) is 0 Å². The highest BCUT2D eigenvalue weighted by atomic mass is 16.3. The fourth-order valence-electron chi connectivity index (χ4n) is 2.19. The maximum absolute atomic E-state index is 12.6. The molecule has 0 heterocycles. The van der Waals surface area contributed by atoms with Crippen LogP contribution in [0.1, 0.15) is 20.7 Å². The zero-order valence-corrected chi connectivity index (χ0v) is 13.3. The average molecular weight is 350 g/mol. The van der Waals surface area contributed by atoms with E-state index < -0.39 is 50.8 Å². The summed E-state index contributed by atoms with van der Waals surface area (Å²) in [7, 11) is 2.43. The fourth-order valence-corrected chi connectivity index (χ4v) is 2.19. The molecule has 9 nitrogen and oxygen atoms in total. The Hall–Kier alpha value is -3.46. The maximum atomic E-state index is 12.6. The molecule has 0 saturated carbocycles. The van der Waals surface area contributed by atoms with Crippen molar-refractivity contribution in [2.75, 3.05) is 14.1 Å². The summed E-state index contributed by atoms with van der Waals surface area (Å²) in [6.45, 7) is 0. The third-order valence-corrected chi connectivity index (χ3v) is 3.65. The number of quaternary nitrogens is 1. The number of phenolic OH excluding ortho intramolecular Hbond substituents is 6. The number of phenols is 6. The lowest BCUT2D eigenvalue weighted by atomic mass is 10.1. The van der Waals surface area contributed by atoms with Crippen LogP contribution in [0.25, 0.3) is 0 Å². The van der Waals surface area contributed by atoms with Gasteiger partial charge in [0, 0.05) is 24.3 Å². The zero-order valence-electron chi connectivity index (χ0n) is 13.3. The molecule has 0 saturated heterocycles. The predicted molar refractivity (Wildman–Crippen MR) is 83.6 cm³/mol. The first kappa shape index (κ1) is 17.9. The Morgan fingerprint density at radius 1 is 0.640 bits per heavy atom. The Labute approximate surface area is 141 Å². The van der Waals surface area contributed by atoms with E-state index in [9.17, 15) is 40.2 Å². The Morgan fingerprint density at radius 3 is 1.12 bits per heavy atom. The van der Waals surface area contributed by atoms with Gasteiger partial charge in [0.15, 0.2) is 34.5 Å². The van der Waals surface area contributed by atoms with Crippen LogP contribution in [0.2, 0.25) is 0 Å². The van der Waals surface area contributed by atoms with E-state index in [1.54, 1.807) is 0 Å². The normalized spacial score (nSPS) is 11.3. The lowest BCUT2D eigenvalue weighted by molar-refractivity contribution is -0.720. The standard InChI is InChI=1S/C16H15NO8/c1-17(2,15(24)7-3-9(18)13(22)10(19)4-7)16(25)8-5-11(20)14(23)12(21)6-8/h3-6H,1-2H3,(H5-,18,19,20,21,22,23,24,25)/p+1. The van der Waals surface area contributed by atoms with Gasteiger partial charge in [-0.2, -0.15) is 4.48 Å². The van der Waals surface area contributed by atoms with Crippen molar-refractivity contribution in [1.29, 1.82) is 0 Å². The molecule has 2 aromatic carbocycles. The molecule has 0 spiro atoms. The number of aromatic hydroxyl groups is 6. The maximum Gasteiger partial charge on any atom is 0.353 e. The predicted octanol–water partition coefficient (Wildman–Crippen LogP) is 0.977. The van der Waals surface area contributed by atoms with E-state index in [4.69, 9.17) is 0 Å². The SMILES string of the molecule is C[N+](C)(C(=O)c1cc(O)c(O)c(O)c1)C(=O)c1cc(O)c(O)c(O)c1. The molecule has 0 atom stereocenters. The molecule has 25 heavy (non-hydrogen) atoms. The van der Waals surface area contributed by atoms with Crippen LogP contribution in [0.15, 0.2) is 24.3 Å². The highest BCUT2D eigenvalue weighted by Crippen LogP contribution is 2.38. The second kappa shape index (κ2) is 5.87. The minimum absolute atomic E-state index is 0.252. The summed E-state index contributed by atoms with van der Waals surface area (Å²) in [5, 5.41) is 56.7. The van der Waals surface area contributed by atoms with Gasteiger partial charge in [0.2, 0.25) is 0 Å². The lowest BCUT2D eigenvalue weighted by Gasteiger charge is -2.24. The Bertz CT molecular complexity index is 770. The first-order valence-electron chi connectivity index (χ1n) is 6.90. The van der Waals surface area contributed by atoms with E-state index in [1.165, 1.54) is 14.1 Å². The average Bonchev–Trinajstić information content (AvgIpc) is 2.55. The van der Waals surface area contributed by atoms with Crippen molar-refractivity contribution in [3.05, 3.63) is 35.4 Å². The molecule has 0 unspecified atom stereocenters. The van der Waals surface area contributed by atoms with E-state index in [2.05, 4.69) is 0 Å². The topological polar surface area (TPSA) is 156 Å². The second-order valence-corrected chi connectivity index (χ2v) is 5.79. The number of carbonyl (C=O) groups excluding carboxylic acids is 2. The van der Waals surface area contributed by atoms with E-state index in [0.717, 1.165) is 24.3 Å². The monoisotopic (exact) mass is 350 g/mol. The number of rotatable bonds is 2. The van der Waals surface area contributed by atoms with Gasteiger partial charge in [-0.1, -0.05) is 0 Å². The van der Waals surface area contributed by atoms with Crippen LogP contribution in [0.3, 0.4) is 0 Å². The molecule has 6 N–H and O–H groups in total. The van der Waals surface area contributed by atoms with Gasteiger partial charge in [-0.25, -0.2) is 9.59 Å². The van der Waals surface area contributed by atoms with Crippen molar-refractivity contribution in [2.45, 2.75) is 0 Å². The largest absolute Gasteiger partial charge is 0.504 e. The summed E-state index contributed by atoms with van der Waals surface area (Å²) < 4.78 is -0.937. The molecule has 0 fully saturated rings. The van der Waals surface area contributed by atoms with E-state index >= 15 is 0 Å². The number of hydrogen-bond acceptors (Lipinski definition) is 8. The van der Waals surface area contributed by atoms with Gasteiger partial charge in [-0.3, -0.25) is 0 Å². The summed E-state index contributed by atoms with van der Waals surface area (Å²) in [4.78, 5) is 25.2. The molecule has 2 aromatic rings. The van der Waals surface area contributed by atoms with Crippen LogP contribution in [-0.2, 0) is 0 Å². The van der Waals surface area contributed by atoms with Gasteiger partial charge in [0.25, 0.3) is 0 Å². The number of carbonyl (C=O) groups is 2. The van der Waals surface area contributed by atoms with Crippen LogP contribution >= 0.6 is 0 Å². The number of hydrogen-bond donors (Lipinski definition) is 6. The molecule has 9 heteroatoms.